The Bertz CT molecular complexity index is 147. The van der Waals surface area contributed by atoms with Crippen LogP contribution in [0.1, 0.15) is 13.8 Å². The highest BCUT2D eigenvalue weighted by Crippen LogP contribution is 2.27. The van der Waals surface area contributed by atoms with Crippen LogP contribution in [-0.4, -0.2) is 23.7 Å². The summed E-state index contributed by atoms with van der Waals surface area (Å²) in [4.78, 5) is 10.3. The summed E-state index contributed by atoms with van der Waals surface area (Å²) < 4.78 is 0. The van der Waals surface area contributed by atoms with Crippen molar-refractivity contribution >= 4 is 18.4 Å². The smallest absolute Gasteiger partial charge is 0.321 e. The molecule has 60 valence electrons. The van der Waals surface area contributed by atoms with E-state index in [1.807, 2.05) is 13.8 Å². The van der Waals surface area contributed by atoms with Crippen LogP contribution in [0, 0.1) is 5.41 Å². The van der Waals surface area contributed by atoms with Crippen molar-refractivity contribution in [3.63, 3.8) is 0 Å². The summed E-state index contributed by atoms with van der Waals surface area (Å²) in [5.74, 6) is -0.744. The van der Waals surface area contributed by atoms with Crippen LogP contribution in [0.4, 0.5) is 0 Å². The zero-order chi connectivity index (χ0) is 7.07. The van der Waals surface area contributed by atoms with Crippen molar-refractivity contribution in [3.05, 3.63) is 0 Å². The maximum atomic E-state index is 10.3. The molecule has 0 aromatic carbocycles. The number of carbonyl (C=O) groups is 1. The fraction of sp³-hybridized carbons (Fsp3) is 0.833. The van der Waals surface area contributed by atoms with Gasteiger partial charge in [0.25, 0.3) is 0 Å². The Kier molecular flexibility index (Phi) is 2.68. The lowest BCUT2D eigenvalue weighted by atomic mass is 9.77. The van der Waals surface area contributed by atoms with Crippen molar-refractivity contribution in [1.29, 1.82) is 0 Å². The maximum Gasteiger partial charge on any atom is 0.321 e. The molecule has 2 N–H and O–H groups in total. The molecule has 0 aliphatic carbocycles. The number of carboxylic acids is 1. The maximum absolute atomic E-state index is 10.3. The highest BCUT2D eigenvalue weighted by atomic mass is 35.5. The summed E-state index contributed by atoms with van der Waals surface area (Å²) in [5.41, 5.74) is -0.0498. The standard InChI is InChI=1S/C6H11NO2.ClH/c1-6(2)3-7-4(6)5(8)9;/h4,7H,3H2,1-2H3,(H,8,9);1H. The zero-order valence-electron chi connectivity index (χ0n) is 6.05. The lowest BCUT2D eigenvalue weighted by molar-refractivity contribution is -0.146. The van der Waals surface area contributed by atoms with E-state index < -0.39 is 5.97 Å². The molecule has 4 heteroatoms. The molecule has 0 bridgehead atoms. The van der Waals surface area contributed by atoms with Crippen LogP contribution >= 0.6 is 12.4 Å². The van der Waals surface area contributed by atoms with Gasteiger partial charge in [0.15, 0.2) is 0 Å². The molecule has 1 aliphatic heterocycles. The molecule has 3 nitrogen and oxygen atoms in total. The first kappa shape index (κ1) is 9.72. The number of rotatable bonds is 1. The molecule has 0 aromatic heterocycles. The molecule has 1 aliphatic rings. The molecule has 0 spiro atoms. The summed E-state index contributed by atoms with van der Waals surface area (Å²) in [7, 11) is 0. The van der Waals surface area contributed by atoms with Gasteiger partial charge in [0, 0.05) is 12.0 Å². The average Bonchev–Trinajstić information content (AvgIpc) is 1.62. The van der Waals surface area contributed by atoms with E-state index in [2.05, 4.69) is 5.32 Å². The summed E-state index contributed by atoms with van der Waals surface area (Å²) in [6.45, 7) is 4.70. The number of hydrogen-bond acceptors (Lipinski definition) is 2. The van der Waals surface area contributed by atoms with E-state index >= 15 is 0 Å². The largest absolute Gasteiger partial charge is 0.480 e. The molecule has 1 saturated heterocycles. The molecule has 1 fully saturated rings. The Labute approximate surface area is 66.2 Å². The Balaban J connectivity index is 0.000000810. The molecular weight excluding hydrogens is 154 g/mol. The number of nitrogens with one attached hydrogen (secondary N) is 1. The fourth-order valence-electron chi connectivity index (χ4n) is 1.03. The van der Waals surface area contributed by atoms with Gasteiger partial charge in [0.2, 0.25) is 0 Å². The molecule has 10 heavy (non-hydrogen) atoms. The minimum Gasteiger partial charge on any atom is -0.480 e. The fourth-order valence-corrected chi connectivity index (χ4v) is 1.03. The van der Waals surface area contributed by atoms with Gasteiger partial charge in [-0.05, 0) is 0 Å². The zero-order valence-corrected chi connectivity index (χ0v) is 6.86. The lowest BCUT2D eigenvalue weighted by Gasteiger charge is -2.42. The van der Waals surface area contributed by atoms with E-state index in [-0.39, 0.29) is 23.9 Å². The highest BCUT2D eigenvalue weighted by molar-refractivity contribution is 5.85. The Hall–Kier alpha value is -0.280. The second-order valence-electron chi connectivity index (χ2n) is 3.14. The van der Waals surface area contributed by atoms with Crippen molar-refractivity contribution in [2.24, 2.45) is 5.41 Å². The Morgan fingerprint density at radius 1 is 1.70 bits per heavy atom. The quantitative estimate of drug-likeness (QED) is 0.595. The summed E-state index contributed by atoms with van der Waals surface area (Å²) in [5, 5.41) is 11.3. The number of carboxylic acid groups (broad SMARTS) is 1. The third-order valence-electron chi connectivity index (χ3n) is 1.79. The van der Waals surface area contributed by atoms with Crippen LogP contribution in [-0.2, 0) is 4.79 Å². The molecule has 1 atom stereocenters. The van der Waals surface area contributed by atoms with E-state index in [9.17, 15) is 4.79 Å². The first-order valence-corrected chi connectivity index (χ1v) is 3.00. The van der Waals surface area contributed by atoms with E-state index in [1.165, 1.54) is 0 Å². The molecule has 1 rings (SSSR count). The van der Waals surface area contributed by atoms with Crippen LogP contribution in [0.3, 0.4) is 0 Å². The van der Waals surface area contributed by atoms with E-state index in [0.717, 1.165) is 6.54 Å². The first-order chi connectivity index (χ1) is 4.04. The van der Waals surface area contributed by atoms with Gasteiger partial charge in [-0.25, -0.2) is 0 Å². The van der Waals surface area contributed by atoms with Crippen molar-refractivity contribution < 1.29 is 9.90 Å². The van der Waals surface area contributed by atoms with E-state index in [1.54, 1.807) is 0 Å². The molecule has 0 amide bonds. The third-order valence-corrected chi connectivity index (χ3v) is 1.79. The molecule has 1 heterocycles. The SMILES string of the molecule is CC1(C)CNC1C(=O)O.Cl. The van der Waals surface area contributed by atoms with Gasteiger partial charge in [0.05, 0.1) is 0 Å². The van der Waals surface area contributed by atoms with Crippen LogP contribution in [0.15, 0.2) is 0 Å². The van der Waals surface area contributed by atoms with Crippen molar-refractivity contribution in [2.45, 2.75) is 19.9 Å². The Morgan fingerprint density at radius 2 is 2.20 bits per heavy atom. The van der Waals surface area contributed by atoms with Crippen LogP contribution in [0.5, 0.6) is 0 Å². The number of hydrogen-bond donors (Lipinski definition) is 2. The monoisotopic (exact) mass is 165 g/mol. The van der Waals surface area contributed by atoms with E-state index in [0.29, 0.717) is 0 Å². The summed E-state index contributed by atoms with van der Waals surface area (Å²) in [6.07, 6.45) is 0. The third kappa shape index (κ3) is 1.41. The van der Waals surface area contributed by atoms with Gasteiger partial charge >= 0.3 is 5.97 Å². The van der Waals surface area contributed by atoms with Gasteiger partial charge in [-0.15, -0.1) is 12.4 Å². The second-order valence-corrected chi connectivity index (χ2v) is 3.14. The minimum absolute atomic E-state index is 0. The van der Waals surface area contributed by atoms with E-state index in [4.69, 9.17) is 5.11 Å². The number of aliphatic carboxylic acids is 1. The second kappa shape index (κ2) is 2.76. The highest BCUT2D eigenvalue weighted by Gasteiger charge is 2.42. The predicted octanol–water partition coefficient (Wildman–Crippen LogP) is 0.491. The van der Waals surface area contributed by atoms with Crippen LogP contribution in [0.25, 0.3) is 0 Å². The van der Waals surface area contributed by atoms with Crippen LogP contribution in [0.2, 0.25) is 0 Å². The molecule has 1 unspecified atom stereocenters. The topological polar surface area (TPSA) is 49.3 Å². The van der Waals surface area contributed by atoms with Gasteiger partial charge in [-0.1, -0.05) is 13.8 Å². The molecule has 0 aromatic rings. The molecule has 0 saturated carbocycles. The molecule has 0 radical (unpaired) electrons. The van der Waals surface area contributed by atoms with Crippen molar-refractivity contribution in [1.82, 2.24) is 5.32 Å². The summed E-state index contributed by atoms with van der Waals surface area (Å²) >= 11 is 0. The first-order valence-electron chi connectivity index (χ1n) is 3.00. The summed E-state index contributed by atoms with van der Waals surface area (Å²) in [6, 6.07) is -0.336. The predicted molar refractivity (Wildman–Crippen MR) is 40.5 cm³/mol. The lowest BCUT2D eigenvalue weighted by Crippen LogP contribution is -2.63. The normalized spacial score (nSPS) is 28.0. The van der Waals surface area contributed by atoms with Gasteiger partial charge in [-0.3, -0.25) is 4.79 Å². The molecular formula is C6H12ClNO2. The number of halogens is 1. The van der Waals surface area contributed by atoms with Gasteiger partial charge < -0.3 is 10.4 Å². The average molecular weight is 166 g/mol. The van der Waals surface area contributed by atoms with Crippen molar-refractivity contribution in [3.8, 4) is 0 Å². The minimum atomic E-state index is -0.744. The Morgan fingerprint density at radius 3 is 2.20 bits per heavy atom. The van der Waals surface area contributed by atoms with Gasteiger partial charge in [-0.2, -0.15) is 0 Å². The van der Waals surface area contributed by atoms with Gasteiger partial charge in [0.1, 0.15) is 6.04 Å². The van der Waals surface area contributed by atoms with Crippen molar-refractivity contribution in [2.75, 3.05) is 6.54 Å². The van der Waals surface area contributed by atoms with Crippen LogP contribution < -0.4 is 5.32 Å².